The Kier molecular flexibility index (Phi) is 6.74. The van der Waals surface area contributed by atoms with Gasteiger partial charge in [0.05, 0.1) is 28.7 Å². The van der Waals surface area contributed by atoms with E-state index in [1.807, 2.05) is 0 Å². The number of fused-ring (bicyclic) bond motifs is 1. The summed E-state index contributed by atoms with van der Waals surface area (Å²) in [6.45, 7) is 0.600. The number of alkyl halides is 3. The van der Waals surface area contributed by atoms with Crippen LogP contribution in [0.15, 0.2) is 47.5 Å². The quantitative estimate of drug-likeness (QED) is 0.420. The number of piperidine rings is 1. The molecule has 1 aromatic heterocycles. The second-order valence-electron chi connectivity index (χ2n) is 9.02. The summed E-state index contributed by atoms with van der Waals surface area (Å²) in [5, 5.41) is 17.1. The van der Waals surface area contributed by atoms with E-state index in [9.17, 15) is 32.7 Å². The number of imide groups is 1. The minimum atomic E-state index is -4.58. The highest BCUT2D eigenvalue weighted by Crippen LogP contribution is 2.41. The number of halogens is 4. The van der Waals surface area contributed by atoms with Gasteiger partial charge in [0.2, 0.25) is 0 Å². The molecule has 38 heavy (non-hydrogen) atoms. The first-order valence-electron chi connectivity index (χ1n) is 11.5. The first-order chi connectivity index (χ1) is 18.0. The van der Waals surface area contributed by atoms with Gasteiger partial charge in [0.1, 0.15) is 0 Å². The van der Waals surface area contributed by atoms with Crippen LogP contribution in [0, 0.1) is 0 Å². The van der Waals surface area contributed by atoms with Crippen molar-refractivity contribution >= 4 is 57.5 Å². The fourth-order valence-corrected chi connectivity index (χ4v) is 5.88. The van der Waals surface area contributed by atoms with E-state index < -0.39 is 34.4 Å². The third-order valence-corrected chi connectivity index (χ3v) is 7.82. The van der Waals surface area contributed by atoms with Crippen LogP contribution in [0.5, 0.6) is 0 Å². The van der Waals surface area contributed by atoms with Gasteiger partial charge >= 0.3 is 12.1 Å². The number of nitrogens with one attached hydrogen (secondary N) is 1. The van der Waals surface area contributed by atoms with Gasteiger partial charge in [-0.1, -0.05) is 23.7 Å². The van der Waals surface area contributed by atoms with Crippen molar-refractivity contribution in [3.8, 4) is 0 Å². The lowest BCUT2D eigenvalue weighted by atomic mass is 9.86. The summed E-state index contributed by atoms with van der Waals surface area (Å²) in [5.41, 5.74) is -1.30. The van der Waals surface area contributed by atoms with Gasteiger partial charge in [-0.2, -0.15) is 18.3 Å². The van der Waals surface area contributed by atoms with Crippen molar-refractivity contribution in [2.75, 3.05) is 13.1 Å². The molecule has 0 bridgehead atoms. The number of hydrogen-bond acceptors (Lipinski definition) is 6. The summed E-state index contributed by atoms with van der Waals surface area (Å²) in [5.74, 6) is -1.88. The van der Waals surface area contributed by atoms with Gasteiger partial charge in [-0.05, 0) is 79.2 Å². The number of amides is 2. The van der Waals surface area contributed by atoms with Crippen LogP contribution in [0.1, 0.15) is 29.5 Å². The minimum Gasteiger partial charge on any atom is -0.479 e. The monoisotopic (exact) mass is 564 g/mol. The predicted octanol–water partition coefficient (Wildman–Crippen LogP) is 5.00. The average molecular weight is 565 g/mol. The number of carboxylic acid groups (broad SMARTS) is 1. The van der Waals surface area contributed by atoms with Gasteiger partial charge < -0.3 is 10.4 Å². The second kappa shape index (κ2) is 9.75. The fourth-order valence-electron chi connectivity index (χ4n) is 4.79. The number of aromatic nitrogens is 2. The Morgan fingerprint density at radius 1 is 1.18 bits per heavy atom. The Balaban J connectivity index is 1.42. The lowest BCUT2D eigenvalue weighted by Gasteiger charge is -2.39. The zero-order chi connectivity index (χ0) is 27.2. The summed E-state index contributed by atoms with van der Waals surface area (Å²) >= 11 is 6.45. The van der Waals surface area contributed by atoms with E-state index in [4.69, 9.17) is 11.6 Å². The molecule has 0 saturated carbocycles. The lowest BCUT2D eigenvalue weighted by Crippen LogP contribution is -2.61. The standard InChI is InChI=1S/C25H20ClF3N4O4S/c26-17-3-2-15(18(11-17)25(27,28)29)13-32-19-4-1-14(9-16(19)12-31-32)10-20-21(34)33(23(37)38-20)24(22(35)36)5-7-30-8-6-24/h1-4,9-12,30H,5-8,13H2,(H,35,36). The van der Waals surface area contributed by atoms with Crippen LogP contribution in [0.3, 0.4) is 0 Å². The van der Waals surface area contributed by atoms with E-state index in [1.54, 1.807) is 18.2 Å². The summed E-state index contributed by atoms with van der Waals surface area (Å²) in [6.07, 6.45) is -1.35. The van der Waals surface area contributed by atoms with E-state index in [1.165, 1.54) is 29.1 Å². The Bertz CT molecular complexity index is 1500. The number of rotatable bonds is 5. The molecule has 2 aromatic carbocycles. The summed E-state index contributed by atoms with van der Waals surface area (Å²) in [4.78, 5) is 39.0. The average Bonchev–Trinajstić information content (AvgIpc) is 3.39. The number of carboxylic acids is 1. The van der Waals surface area contributed by atoms with Crippen molar-refractivity contribution in [3.05, 3.63) is 69.2 Å². The Morgan fingerprint density at radius 3 is 2.61 bits per heavy atom. The molecule has 13 heteroatoms. The second-order valence-corrected chi connectivity index (χ2v) is 10.5. The zero-order valence-corrected chi connectivity index (χ0v) is 21.2. The number of carbonyl (C=O) groups is 3. The van der Waals surface area contributed by atoms with Crippen LogP contribution in [-0.4, -0.2) is 55.5 Å². The van der Waals surface area contributed by atoms with E-state index in [-0.39, 0.29) is 34.9 Å². The van der Waals surface area contributed by atoms with E-state index in [0.717, 1.165) is 11.0 Å². The molecule has 2 aliphatic rings. The van der Waals surface area contributed by atoms with Gasteiger partial charge in [-0.15, -0.1) is 0 Å². The molecule has 3 heterocycles. The minimum absolute atomic E-state index is 0.00919. The van der Waals surface area contributed by atoms with E-state index >= 15 is 0 Å². The van der Waals surface area contributed by atoms with Crippen LogP contribution in [-0.2, 0) is 22.3 Å². The van der Waals surface area contributed by atoms with Crippen LogP contribution in [0.2, 0.25) is 5.02 Å². The molecule has 2 fully saturated rings. The van der Waals surface area contributed by atoms with Gasteiger partial charge in [0, 0.05) is 10.4 Å². The van der Waals surface area contributed by atoms with E-state index in [0.29, 0.717) is 41.3 Å². The maximum absolute atomic E-state index is 13.5. The smallest absolute Gasteiger partial charge is 0.416 e. The number of carbonyl (C=O) groups excluding carboxylic acids is 2. The molecular weight excluding hydrogens is 545 g/mol. The maximum atomic E-state index is 13.5. The molecule has 3 aromatic rings. The van der Waals surface area contributed by atoms with Crippen molar-refractivity contribution in [2.45, 2.75) is 31.1 Å². The molecule has 2 aliphatic heterocycles. The van der Waals surface area contributed by atoms with Gasteiger partial charge in [-0.25, -0.2) is 4.79 Å². The van der Waals surface area contributed by atoms with Gasteiger partial charge in [0.25, 0.3) is 11.1 Å². The number of hydrogen-bond donors (Lipinski definition) is 2. The first kappa shape index (κ1) is 26.3. The van der Waals surface area contributed by atoms with Gasteiger partial charge in [0.15, 0.2) is 5.54 Å². The summed E-state index contributed by atoms with van der Waals surface area (Å²) in [6, 6.07) is 8.59. The molecule has 5 rings (SSSR count). The van der Waals surface area contributed by atoms with Crippen LogP contribution in [0.25, 0.3) is 17.0 Å². The fraction of sp³-hybridized carbons (Fsp3) is 0.280. The van der Waals surface area contributed by atoms with Crippen LogP contribution < -0.4 is 5.32 Å². The Morgan fingerprint density at radius 2 is 1.92 bits per heavy atom. The van der Waals surface area contributed by atoms with Gasteiger partial charge in [-0.3, -0.25) is 19.2 Å². The Labute approximate surface area is 223 Å². The van der Waals surface area contributed by atoms with Crippen molar-refractivity contribution < 1.29 is 32.7 Å². The van der Waals surface area contributed by atoms with Crippen molar-refractivity contribution in [2.24, 2.45) is 0 Å². The molecule has 2 amide bonds. The van der Waals surface area contributed by atoms with Crippen molar-refractivity contribution in [3.63, 3.8) is 0 Å². The van der Waals surface area contributed by atoms with Crippen LogP contribution >= 0.6 is 23.4 Å². The highest BCUT2D eigenvalue weighted by molar-refractivity contribution is 8.18. The molecule has 0 atom stereocenters. The van der Waals surface area contributed by atoms with E-state index in [2.05, 4.69) is 10.4 Å². The molecule has 2 saturated heterocycles. The largest absolute Gasteiger partial charge is 0.479 e. The summed E-state index contributed by atoms with van der Waals surface area (Å²) in [7, 11) is 0. The Hall–Kier alpha value is -3.35. The number of nitrogens with zero attached hydrogens (tertiary/aromatic N) is 3. The molecule has 0 spiro atoms. The molecule has 2 N–H and O–H groups in total. The zero-order valence-electron chi connectivity index (χ0n) is 19.6. The number of aliphatic carboxylic acids is 1. The maximum Gasteiger partial charge on any atom is 0.416 e. The topological polar surface area (TPSA) is 105 Å². The lowest BCUT2D eigenvalue weighted by molar-refractivity contribution is -0.155. The molecule has 0 aliphatic carbocycles. The van der Waals surface area contributed by atoms with Crippen molar-refractivity contribution in [1.29, 1.82) is 0 Å². The van der Waals surface area contributed by atoms with Crippen molar-refractivity contribution in [1.82, 2.24) is 20.0 Å². The predicted molar refractivity (Wildman–Crippen MR) is 136 cm³/mol. The first-order valence-corrected chi connectivity index (χ1v) is 12.7. The van der Waals surface area contributed by atoms with Crippen LogP contribution in [0.4, 0.5) is 18.0 Å². The third kappa shape index (κ3) is 4.67. The molecular formula is C25H20ClF3N4O4S. The molecule has 8 nitrogen and oxygen atoms in total. The molecule has 0 unspecified atom stereocenters. The molecule has 0 radical (unpaired) electrons. The highest BCUT2D eigenvalue weighted by Gasteiger charge is 2.54. The normalized spacial score (nSPS) is 19.1. The molecule has 198 valence electrons. The summed E-state index contributed by atoms with van der Waals surface area (Å²) < 4.78 is 41.9. The SMILES string of the molecule is O=C1SC(=Cc2ccc3c(cnn3Cc3ccc(Cl)cc3C(F)(F)F)c2)C(=O)N1C1(C(=O)O)CCNCC1. The third-order valence-electron chi connectivity index (χ3n) is 6.71. The number of thioether (sulfide) groups is 1. The highest BCUT2D eigenvalue weighted by atomic mass is 35.5. The number of benzene rings is 2.